The van der Waals surface area contributed by atoms with Crippen LogP contribution in [-0.2, 0) is 26.0 Å². The van der Waals surface area contributed by atoms with Crippen LogP contribution in [0.3, 0.4) is 0 Å². The Labute approximate surface area is 251 Å². The molecule has 3 aromatic rings. The van der Waals surface area contributed by atoms with Gasteiger partial charge < -0.3 is 10.2 Å². The third kappa shape index (κ3) is 7.79. The van der Waals surface area contributed by atoms with E-state index in [1.165, 1.54) is 15.6 Å². The first-order valence-corrected chi connectivity index (χ1v) is 16.3. The van der Waals surface area contributed by atoms with Gasteiger partial charge in [-0.25, -0.2) is 8.42 Å². The molecule has 0 aromatic heterocycles. The molecule has 42 heavy (non-hydrogen) atoms. The Morgan fingerprint density at radius 3 is 2.17 bits per heavy atom. The lowest BCUT2D eigenvalue weighted by atomic mass is 9.95. The van der Waals surface area contributed by atoms with Crippen LogP contribution in [0.2, 0.25) is 0 Å². The van der Waals surface area contributed by atoms with Crippen LogP contribution in [0.5, 0.6) is 0 Å². The summed E-state index contributed by atoms with van der Waals surface area (Å²) in [4.78, 5) is 29.2. The smallest absolute Gasteiger partial charge is 0.264 e. The number of sulfonamides is 1. The Balaban J connectivity index is 1.66. The summed E-state index contributed by atoms with van der Waals surface area (Å²) in [6.45, 7) is 7.28. The van der Waals surface area contributed by atoms with Crippen molar-refractivity contribution in [3.8, 4) is 0 Å². The molecule has 1 atom stereocenters. The van der Waals surface area contributed by atoms with E-state index in [1.54, 1.807) is 37.3 Å². The predicted octanol–water partition coefficient (Wildman–Crippen LogP) is 5.72. The van der Waals surface area contributed by atoms with E-state index in [0.29, 0.717) is 12.1 Å². The molecule has 1 aliphatic rings. The Bertz CT molecular complexity index is 1470. The van der Waals surface area contributed by atoms with Crippen molar-refractivity contribution < 1.29 is 18.0 Å². The molecule has 4 rings (SSSR count). The zero-order valence-electron chi connectivity index (χ0n) is 25.2. The number of anilines is 1. The Morgan fingerprint density at radius 2 is 1.52 bits per heavy atom. The molecule has 0 aliphatic heterocycles. The van der Waals surface area contributed by atoms with Gasteiger partial charge in [0.25, 0.3) is 10.0 Å². The highest BCUT2D eigenvalue weighted by Gasteiger charge is 2.33. The van der Waals surface area contributed by atoms with E-state index >= 15 is 0 Å². The van der Waals surface area contributed by atoms with Crippen molar-refractivity contribution in [2.24, 2.45) is 0 Å². The van der Waals surface area contributed by atoms with Gasteiger partial charge in [-0.05, 0) is 76.3 Å². The van der Waals surface area contributed by atoms with Crippen molar-refractivity contribution in [1.82, 2.24) is 10.2 Å². The number of carbonyl (C=O) groups excluding carboxylic acids is 2. The van der Waals surface area contributed by atoms with Gasteiger partial charge in [-0.2, -0.15) is 0 Å². The molecule has 0 radical (unpaired) electrons. The van der Waals surface area contributed by atoms with Gasteiger partial charge in [0.05, 0.1) is 10.6 Å². The van der Waals surface area contributed by atoms with Gasteiger partial charge in [0.15, 0.2) is 0 Å². The zero-order chi connectivity index (χ0) is 30.3. The number of amides is 2. The van der Waals surface area contributed by atoms with E-state index in [1.807, 2.05) is 63.2 Å². The molecule has 3 aromatic carbocycles. The molecule has 0 unspecified atom stereocenters. The molecule has 2 amide bonds. The van der Waals surface area contributed by atoms with Crippen LogP contribution in [0.1, 0.15) is 61.3 Å². The Hall–Kier alpha value is -3.65. The summed E-state index contributed by atoms with van der Waals surface area (Å²) in [5.74, 6) is -0.629. The third-order valence-electron chi connectivity index (χ3n) is 8.11. The maximum absolute atomic E-state index is 14.1. The highest BCUT2D eigenvalue weighted by atomic mass is 32.2. The number of hydrogen-bond acceptors (Lipinski definition) is 4. The molecule has 1 fully saturated rings. The number of carbonyl (C=O) groups is 2. The van der Waals surface area contributed by atoms with Gasteiger partial charge >= 0.3 is 0 Å². The first-order chi connectivity index (χ1) is 20.1. The largest absolute Gasteiger partial charge is 0.352 e. The molecule has 8 heteroatoms. The van der Waals surface area contributed by atoms with Crippen molar-refractivity contribution in [3.63, 3.8) is 0 Å². The molecule has 0 bridgehead atoms. The van der Waals surface area contributed by atoms with Crippen LogP contribution in [-0.4, -0.2) is 50.3 Å². The predicted molar refractivity (Wildman–Crippen MR) is 168 cm³/mol. The molecular formula is C34H43N3O4S. The van der Waals surface area contributed by atoms with E-state index in [9.17, 15) is 18.0 Å². The summed E-state index contributed by atoms with van der Waals surface area (Å²) in [6.07, 6.45) is 5.75. The first-order valence-electron chi connectivity index (χ1n) is 14.9. The van der Waals surface area contributed by atoms with Crippen molar-refractivity contribution in [2.45, 2.75) is 83.2 Å². The molecule has 1 saturated carbocycles. The van der Waals surface area contributed by atoms with E-state index in [-0.39, 0.29) is 23.4 Å². The normalized spacial score (nSPS) is 14.7. The fraction of sp³-hybridized carbons (Fsp3) is 0.412. The minimum absolute atomic E-state index is 0.105. The van der Waals surface area contributed by atoms with Crippen LogP contribution in [0.4, 0.5) is 5.69 Å². The minimum atomic E-state index is -4.09. The summed E-state index contributed by atoms with van der Waals surface area (Å²) in [5.41, 5.74) is 4.16. The number of benzene rings is 3. The minimum Gasteiger partial charge on any atom is -0.352 e. The summed E-state index contributed by atoms with van der Waals surface area (Å²) in [5, 5.41) is 3.15. The van der Waals surface area contributed by atoms with Gasteiger partial charge in [-0.3, -0.25) is 13.9 Å². The number of nitrogens with zero attached hydrogens (tertiary/aromatic N) is 2. The number of rotatable bonds is 11. The summed E-state index contributed by atoms with van der Waals surface area (Å²) in [6, 6.07) is 21.3. The molecule has 0 heterocycles. The van der Waals surface area contributed by atoms with Crippen LogP contribution < -0.4 is 9.62 Å². The standard InChI is InChI=1S/C34H43N3O4S/c1-25-15-18-31(19-16-25)42(40,41)37(32-20-17-26(2)23-27(32)3)24-33(38)36(22-21-29-11-7-5-8-12-29)28(4)34(39)35-30-13-9-6-10-14-30/h5,7-8,11-12,15-20,23,28,30H,6,9-10,13-14,21-22,24H2,1-4H3,(H,35,39)/t28-/m0/s1. The van der Waals surface area contributed by atoms with E-state index in [4.69, 9.17) is 0 Å². The first kappa shape index (κ1) is 31.3. The molecule has 1 aliphatic carbocycles. The highest BCUT2D eigenvalue weighted by Crippen LogP contribution is 2.28. The fourth-order valence-electron chi connectivity index (χ4n) is 5.57. The van der Waals surface area contributed by atoms with Crippen molar-refractivity contribution in [1.29, 1.82) is 0 Å². The lowest BCUT2D eigenvalue weighted by molar-refractivity contribution is -0.139. The monoisotopic (exact) mass is 589 g/mol. The number of hydrogen-bond donors (Lipinski definition) is 1. The fourth-order valence-corrected chi connectivity index (χ4v) is 7.05. The zero-order valence-corrected chi connectivity index (χ0v) is 26.0. The lowest BCUT2D eigenvalue weighted by Crippen LogP contribution is -2.53. The van der Waals surface area contributed by atoms with Gasteiger partial charge in [0, 0.05) is 12.6 Å². The Morgan fingerprint density at radius 1 is 0.881 bits per heavy atom. The lowest BCUT2D eigenvalue weighted by Gasteiger charge is -2.33. The SMILES string of the molecule is Cc1ccc(S(=O)(=O)N(CC(=O)N(CCc2ccccc2)[C@@H](C)C(=O)NC2CCCCC2)c2ccc(C)cc2C)cc1. The Kier molecular flexibility index (Phi) is 10.4. The van der Waals surface area contributed by atoms with Crippen LogP contribution in [0.25, 0.3) is 0 Å². The number of nitrogens with one attached hydrogen (secondary N) is 1. The quantitative estimate of drug-likeness (QED) is 0.310. The second-order valence-electron chi connectivity index (χ2n) is 11.5. The van der Waals surface area contributed by atoms with Gasteiger partial charge in [-0.15, -0.1) is 0 Å². The molecule has 7 nitrogen and oxygen atoms in total. The van der Waals surface area contributed by atoms with Gasteiger partial charge in [-0.1, -0.05) is 85.0 Å². The summed E-state index contributed by atoms with van der Waals surface area (Å²) < 4.78 is 29.3. The highest BCUT2D eigenvalue weighted by molar-refractivity contribution is 7.92. The van der Waals surface area contributed by atoms with Gasteiger partial charge in [0.1, 0.15) is 12.6 Å². The maximum Gasteiger partial charge on any atom is 0.264 e. The van der Waals surface area contributed by atoms with E-state index < -0.39 is 28.5 Å². The van der Waals surface area contributed by atoms with Gasteiger partial charge in [0.2, 0.25) is 11.8 Å². The second-order valence-corrected chi connectivity index (χ2v) is 13.3. The van der Waals surface area contributed by atoms with Crippen molar-refractivity contribution in [2.75, 3.05) is 17.4 Å². The van der Waals surface area contributed by atoms with Crippen LogP contribution in [0, 0.1) is 20.8 Å². The second kappa shape index (κ2) is 14.0. The van der Waals surface area contributed by atoms with Crippen LogP contribution >= 0.6 is 0 Å². The average Bonchev–Trinajstić information content (AvgIpc) is 2.97. The van der Waals surface area contributed by atoms with E-state index in [0.717, 1.165) is 47.9 Å². The van der Waals surface area contributed by atoms with Crippen molar-refractivity contribution in [3.05, 3.63) is 95.1 Å². The van der Waals surface area contributed by atoms with Crippen molar-refractivity contribution >= 4 is 27.5 Å². The number of aryl methyl sites for hydroxylation is 3. The molecule has 0 saturated heterocycles. The maximum atomic E-state index is 14.1. The summed E-state index contributed by atoms with van der Waals surface area (Å²) in [7, 11) is -4.09. The molecule has 224 valence electrons. The topological polar surface area (TPSA) is 86.8 Å². The summed E-state index contributed by atoms with van der Waals surface area (Å²) >= 11 is 0. The molecular weight excluding hydrogens is 546 g/mol. The molecule has 1 N–H and O–H groups in total. The van der Waals surface area contributed by atoms with Crippen LogP contribution in [0.15, 0.2) is 77.7 Å². The third-order valence-corrected chi connectivity index (χ3v) is 9.89. The average molecular weight is 590 g/mol. The van der Waals surface area contributed by atoms with E-state index in [2.05, 4.69) is 5.32 Å². The molecule has 0 spiro atoms.